The van der Waals surface area contributed by atoms with E-state index in [1.165, 1.54) is 6.07 Å². The minimum absolute atomic E-state index is 0.123. The van der Waals surface area contributed by atoms with E-state index in [-0.39, 0.29) is 19.0 Å². The lowest BCUT2D eigenvalue weighted by molar-refractivity contribution is -0.136. The van der Waals surface area contributed by atoms with E-state index in [9.17, 15) is 9.18 Å². The quantitative estimate of drug-likeness (QED) is 0.822. The Morgan fingerprint density at radius 3 is 2.48 bits per heavy atom. The Kier molecular flexibility index (Phi) is 5.29. The third-order valence-corrected chi connectivity index (χ3v) is 2.91. The summed E-state index contributed by atoms with van der Waals surface area (Å²) in [6.45, 7) is 0.379. The Morgan fingerprint density at radius 2 is 1.76 bits per heavy atom. The molecule has 0 atom stereocenters. The molecular weight excluding hydrogens is 273 g/mol. The Hall–Kier alpha value is -2.40. The maximum Gasteiger partial charge on any atom is 0.317 e. The fraction of sp³-hybridized carbons (Fsp3) is 0.188. The normalized spacial score (nSPS) is 10.3. The molecule has 0 saturated carbocycles. The molecule has 0 radical (unpaired) electrons. The van der Waals surface area contributed by atoms with Crippen molar-refractivity contribution in [1.29, 1.82) is 0 Å². The summed E-state index contributed by atoms with van der Waals surface area (Å²) in [5.41, 5.74) is 1.31. The molecular formula is C16H16FNO3. The van der Waals surface area contributed by atoms with Crippen molar-refractivity contribution in [3.05, 3.63) is 65.5 Å². The minimum Gasteiger partial charge on any atom is -0.488 e. The average Bonchev–Trinajstić information content (AvgIpc) is 2.47. The van der Waals surface area contributed by atoms with Gasteiger partial charge in [0.15, 0.2) is 0 Å². The Balaban J connectivity index is 1.99. The first-order valence-electron chi connectivity index (χ1n) is 6.53. The molecule has 2 aromatic carbocycles. The maximum absolute atomic E-state index is 13.5. The number of aliphatic carboxylic acids is 1. The van der Waals surface area contributed by atoms with Crippen LogP contribution in [0.4, 0.5) is 4.39 Å². The van der Waals surface area contributed by atoms with E-state index < -0.39 is 5.97 Å². The molecule has 2 aromatic rings. The summed E-state index contributed by atoms with van der Waals surface area (Å²) in [5, 5.41) is 11.4. The van der Waals surface area contributed by atoms with Crippen LogP contribution in [0.3, 0.4) is 0 Å². The van der Waals surface area contributed by atoms with Gasteiger partial charge in [0.05, 0.1) is 6.54 Å². The van der Waals surface area contributed by atoms with Crippen molar-refractivity contribution in [1.82, 2.24) is 5.32 Å². The van der Waals surface area contributed by atoms with Crippen molar-refractivity contribution >= 4 is 5.97 Å². The van der Waals surface area contributed by atoms with Gasteiger partial charge in [-0.3, -0.25) is 4.79 Å². The molecule has 0 aliphatic rings. The molecule has 21 heavy (non-hydrogen) atoms. The molecule has 0 aromatic heterocycles. The summed E-state index contributed by atoms with van der Waals surface area (Å²) in [7, 11) is 0. The molecule has 2 N–H and O–H groups in total. The van der Waals surface area contributed by atoms with E-state index in [0.29, 0.717) is 17.9 Å². The number of benzene rings is 2. The molecule has 110 valence electrons. The van der Waals surface area contributed by atoms with E-state index in [4.69, 9.17) is 9.84 Å². The van der Waals surface area contributed by atoms with Crippen LogP contribution in [0.1, 0.15) is 11.1 Å². The molecule has 0 aliphatic heterocycles. The van der Waals surface area contributed by atoms with E-state index in [2.05, 4.69) is 5.32 Å². The number of carbonyl (C=O) groups is 1. The summed E-state index contributed by atoms with van der Waals surface area (Å²) >= 11 is 0. The van der Waals surface area contributed by atoms with Crippen molar-refractivity contribution < 1.29 is 19.0 Å². The number of halogens is 1. The van der Waals surface area contributed by atoms with E-state index in [1.54, 1.807) is 24.3 Å². The highest BCUT2D eigenvalue weighted by atomic mass is 19.1. The van der Waals surface area contributed by atoms with Crippen molar-refractivity contribution in [3.8, 4) is 5.75 Å². The minimum atomic E-state index is -0.917. The largest absolute Gasteiger partial charge is 0.488 e. The van der Waals surface area contributed by atoms with Crippen molar-refractivity contribution in [2.45, 2.75) is 13.2 Å². The highest BCUT2D eigenvalue weighted by Crippen LogP contribution is 2.19. The number of carboxylic acids is 1. The van der Waals surface area contributed by atoms with Crippen LogP contribution in [0, 0.1) is 5.82 Å². The van der Waals surface area contributed by atoms with Crippen molar-refractivity contribution in [2.75, 3.05) is 6.54 Å². The summed E-state index contributed by atoms with van der Waals surface area (Å²) in [5.74, 6) is -0.614. The van der Waals surface area contributed by atoms with Crippen LogP contribution in [0.5, 0.6) is 5.75 Å². The van der Waals surface area contributed by atoms with E-state index in [1.807, 2.05) is 18.2 Å². The molecule has 4 nitrogen and oxygen atoms in total. The lowest BCUT2D eigenvalue weighted by Gasteiger charge is -2.12. The fourth-order valence-corrected chi connectivity index (χ4v) is 1.87. The first-order chi connectivity index (χ1) is 10.2. The Labute approximate surface area is 122 Å². The topological polar surface area (TPSA) is 58.6 Å². The van der Waals surface area contributed by atoms with Gasteiger partial charge in [0.1, 0.15) is 18.2 Å². The second kappa shape index (κ2) is 7.40. The number of carboxylic acid groups (broad SMARTS) is 1. The molecule has 0 bridgehead atoms. The Morgan fingerprint density at radius 1 is 1.10 bits per heavy atom. The smallest absolute Gasteiger partial charge is 0.317 e. The summed E-state index contributed by atoms with van der Waals surface area (Å²) in [4.78, 5) is 10.5. The lowest BCUT2D eigenvalue weighted by atomic mass is 10.2. The van der Waals surface area contributed by atoms with Crippen molar-refractivity contribution in [2.24, 2.45) is 0 Å². The third-order valence-electron chi connectivity index (χ3n) is 2.91. The van der Waals surface area contributed by atoms with Crippen LogP contribution in [-0.4, -0.2) is 17.6 Å². The zero-order valence-electron chi connectivity index (χ0n) is 11.4. The van der Waals surface area contributed by atoms with Crippen LogP contribution >= 0.6 is 0 Å². The molecule has 0 aliphatic carbocycles. The molecule has 0 unspecified atom stereocenters. The van der Waals surface area contributed by atoms with Gasteiger partial charge in [0.25, 0.3) is 0 Å². The number of rotatable bonds is 7. The number of ether oxygens (including phenoxy) is 1. The van der Waals surface area contributed by atoms with Crippen LogP contribution < -0.4 is 10.1 Å². The average molecular weight is 289 g/mol. The number of hydrogen-bond donors (Lipinski definition) is 2. The Bertz CT molecular complexity index is 616. The molecule has 2 rings (SSSR count). The van der Waals surface area contributed by atoms with Crippen LogP contribution in [0.15, 0.2) is 48.5 Å². The zero-order valence-corrected chi connectivity index (χ0v) is 11.4. The van der Waals surface area contributed by atoms with Gasteiger partial charge in [0, 0.05) is 17.7 Å². The van der Waals surface area contributed by atoms with Gasteiger partial charge >= 0.3 is 5.97 Å². The summed E-state index contributed by atoms with van der Waals surface area (Å²) in [6.07, 6.45) is 0. The van der Waals surface area contributed by atoms with Gasteiger partial charge in [-0.1, -0.05) is 36.4 Å². The third kappa shape index (κ3) is 4.57. The second-order valence-corrected chi connectivity index (χ2v) is 4.49. The highest BCUT2D eigenvalue weighted by Gasteiger charge is 2.06. The van der Waals surface area contributed by atoms with Gasteiger partial charge < -0.3 is 15.2 Å². The zero-order chi connectivity index (χ0) is 15.1. The SMILES string of the molecule is O=C(O)CNCc1ccccc1OCc1ccccc1F. The van der Waals surface area contributed by atoms with Gasteiger partial charge in [0.2, 0.25) is 0 Å². The molecule has 0 fully saturated rings. The van der Waals surface area contributed by atoms with Crippen LogP contribution in [-0.2, 0) is 17.9 Å². The summed E-state index contributed by atoms with van der Waals surface area (Å²) < 4.78 is 19.2. The molecule has 0 saturated heterocycles. The molecule has 5 heteroatoms. The second-order valence-electron chi connectivity index (χ2n) is 4.49. The van der Waals surface area contributed by atoms with E-state index >= 15 is 0 Å². The first kappa shape index (κ1) is 15.0. The van der Waals surface area contributed by atoms with Gasteiger partial charge in [-0.25, -0.2) is 4.39 Å². The van der Waals surface area contributed by atoms with Gasteiger partial charge in [-0.05, 0) is 12.1 Å². The number of nitrogens with one attached hydrogen (secondary N) is 1. The first-order valence-corrected chi connectivity index (χ1v) is 6.53. The highest BCUT2D eigenvalue weighted by molar-refractivity contribution is 5.69. The standard InChI is InChI=1S/C16H16FNO3/c17-14-7-3-1-6-13(14)11-21-15-8-4-2-5-12(15)9-18-10-16(19)20/h1-8,18H,9-11H2,(H,19,20). The number of hydrogen-bond acceptors (Lipinski definition) is 3. The van der Waals surface area contributed by atoms with Gasteiger partial charge in [-0.15, -0.1) is 0 Å². The lowest BCUT2D eigenvalue weighted by Crippen LogP contribution is -2.22. The van der Waals surface area contributed by atoms with Crippen molar-refractivity contribution in [3.63, 3.8) is 0 Å². The number of para-hydroxylation sites is 1. The predicted molar refractivity (Wildman–Crippen MR) is 76.5 cm³/mol. The monoisotopic (exact) mass is 289 g/mol. The van der Waals surface area contributed by atoms with Crippen LogP contribution in [0.2, 0.25) is 0 Å². The molecule has 0 heterocycles. The molecule has 0 spiro atoms. The maximum atomic E-state index is 13.5. The van der Waals surface area contributed by atoms with E-state index in [0.717, 1.165) is 5.56 Å². The van der Waals surface area contributed by atoms with Gasteiger partial charge in [-0.2, -0.15) is 0 Å². The summed E-state index contributed by atoms with van der Waals surface area (Å²) in [6, 6.07) is 13.7. The van der Waals surface area contributed by atoms with Crippen LogP contribution in [0.25, 0.3) is 0 Å². The predicted octanol–water partition coefficient (Wildman–Crippen LogP) is 2.58. The fourth-order valence-electron chi connectivity index (χ4n) is 1.87. The molecule has 0 amide bonds.